The molecule has 2 amide bonds. The Morgan fingerprint density at radius 2 is 1.98 bits per heavy atom. The van der Waals surface area contributed by atoms with Crippen LogP contribution in [0.4, 0.5) is 26.7 Å². The summed E-state index contributed by atoms with van der Waals surface area (Å²) in [6, 6.07) is 3.40. The molecule has 9 nitrogen and oxygen atoms in total. The molecule has 1 fully saturated rings. The fraction of sp³-hybridized carbons (Fsp3) is 0.429. The van der Waals surface area contributed by atoms with Crippen LogP contribution in [-0.4, -0.2) is 51.5 Å². The van der Waals surface area contributed by atoms with Crippen molar-refractivity contribution in [1.82, 2.24) is 15.2 Å². The van der Waals surface area contributed by atoms with E-state index in [1.54, 1.807) is 0 Å². The van der Waals surface area contributed by atoms with Gasteiger partial charge in [-0.1, -0.05) is 26.8 Å². The molecule has 0 saturated carbocycles. The third-order valence-corrected chi connectivity index (χ3v) is 7.01. The number of hydrogen-bond acceptors (Lipinski definition) is 6. The molecule has 0 spiro atoms. The maximum absolute atomic E-state index is 15.7. The normalized spacial score (nSPS) is 18.9. The average Bonchev–Trinajstić information content (AvgIpc) is 3.22. The predicted molar refractivity (Wildman–Crippen MR) is 138 cm³/mol. The maximum atomic E-state index is 15.7. The van der Waals surface area contributed by atoms with Crippen LogP contribution in [0.1, 0.15) is 60.1 Å². The van der Waals surface area contributed by atoms with Crippen LogP contribution >= 0.6 is 0 Å². The minimum atomic E-state index is -4.73. The first-order valence-electron chi connectivity index (χ1n) is 12.8. The van der Waals surface area contributed by atoms with E-state index >= 15 is 8.78 Å². The van der Waals surface area contributed by atoms with Gasteiger partial charge in [0.15, 0.2) is 11.3 Å². The molecule has 1 aliphatic rings. The number of nitrogens with one attached hydrogen (secondary N) is 1. The van der Waals surface area contributed by atoms with Crippen molar-refractivity contribution in [3.05, 3.63) is 58.6 Å². The standard InChI is InChI=1S/C28H27F5N4O5/c1-14-20(23(38)36-19-7-9-37(25(39)40)24(26(2,3)4)27(19,29)30)18-11-17(10-16(12-34)21(18)42-14)41-13-15-6-5-8-35-22(15)28(31,32)33/h5-6,8,10-11,19,24H,7,9,13H2,1-4H3,(H,36,38)(H,39,40). The van der Waals surface area contributed by atoms with E-state index in [9.17, 15) is 33.1 Å². The number of benzene rings is 1. The molecule has 0 bridgehead atoms. The Kier molecular flexibility index (Phi) is 7.84. The summed E-state index contributed by atoms with van der Waals surface area (Å²) < 4.78 is 82.6. The molecule has 2 unspecified atom stereocenters. The number of rotatable bonds is 5. The van der Waals surface area contributed by atoms with Crippen LogP contribution in [0.5, 0.6) is 5.75 Å². The number of amides is 2. The van der Waals surface area contributed by atoms with Crippen molar-refractivity contribution in [2.45, 2.75) is 64.9 Å². The largest absolute Gasteiger partial charge is 0.489 e. The highest BCUT2D eigenvalue weighted by Gasteiger charge is 2.59. The van der Waals surface area contributed by atoms with Crippen LogP contribution in [0.15, 0.2) is 34.9 Å². The third kappa shape index (κ3) is 5.68. The number of carboxylic acid groups (broad SMARTS) is 1. The molecule has 0 radical (unpaired) electrons. The van der Waals surface area contributed by atoms with Crippen LogP contribution in [0.25, 0.3) is 11.0 Å². The molecule has 14 heteroatoms. The number of ether oxygens (including phenoxy) is 1. The Hall–Kier alpha value is -4.41. The summed E-state index contributed by atoms with van der Waals surface area (Å²) in [5, 5.41) is 21.5. The number of pyridine rings is 1. The molecule has 224 valence electrons. The number of aryl methyl sites for hydroxylation is 1. The smallest absolute Gasteiger partial charge is 0.433 e. The van der Waals surface area contributed by atoms with Gasteiger partial charge in [-0.05, 0) is 30.9 Å². The number of aromatic nitrogens is 1. The van der Waals surface area contributed by atoms with E-state index in [2.05, 4.69) is 10.3 Å². The SMILES string of the molecule is Cc1oc2c(C#N)cc(OCc3cccnc3C(F)(F)F)cc2c1C(=O)NC1CCN(C(=O)O)C(C(C)(C)C)C1(F)F. The molecule has 42 heavy (non-hydrogen) atoms. The summed E-state index contributed by atoms with van der Waals surface area (Å²) >= 11 is 0. The molecule has 1 saturated heterocycles. The molecule has 1 aromatic carbocycles. The fourth-order valence-electron chi connectivity index (χ4n) is 5.35. The summed E-state index contributed by atoms with van der Waals surface area (Å²) in [5.74, 6) is -4.68. The number of halogens is 5. The summed E-state index contributed by atoms with van der Waals surface area (Å²) in [5.41, 5.74) is -2.89. The number of hydrogen-bond donors (Lipinski definition) is 2. The van der Waals surface area contributed by atoms with E-state index in [4.69, 9.17) is 9.15 Å². The van der Waals surface area contributed by atoms with Crippen LogP contribution in [0.3, 0.4) is 0 Å². The number of alkyl halides is 5. The van der Waals surface area contributed by atoms with Crippen molar-refractivity contribution in [2.75, 3.05) is 6.54 Å². The van der Waals surface area contributed by atoms with Gasteiger partial charge >= 0.3 is 12.3 Å². The Bertz CT molecular complexity index is 1570. The zero-order valence-corrected chi connectivity index (χ0v) is 23.0. The number of nitriles is 1. The maximum Gasteiger partial charge on any atom is 0.433 e. The van der Waals surface area contributed by atoms with Gasteiger partial charge in [0.05, 0.1) is 17.2 Å². The summed E-state index contributed by atoms with van der Waals surface area (Å²) in [6.07, 6.45) is -5.61. The Morgan fingerprint density at radius 3 is 2.57 bits per heavy atom. The van der Waals surface area contributed by atoms with Crippen molar-refractivity contribution >= 4 is 23.0 Å². The molecule has 3 heterocycles. The van der Waals surface area contributed by atoms with Crippen molar-refractivity contribution < 1.29 is 45.8 Å². The molecule has 2 atom stereocenters. The molecule has 3 aromatic rings. The number of carbonyl (C=O) groups is 2. The lowest BCUT2D eigenvalue weighted by molar-refractivity contribution is -0.154. The predicted octanol–water partition coefficient (Wildman–Crippen LogP) is 6.14. The Morgan fingerprint density at radius 1 is 1.29 bits per heavy atom. The van der Waals surface area contributed by atoms with Gasteiger partial charge in [-0.15, -0.1) is 0 Å². The monoisotopic (exact) mass is 594 g/mol. The van der Waals surface area contributed by atoms with E-state index in [0.717, 1.165) is 6.20 Å². The minimum absolute atomic E-state index is 0.00132. The molecule has 0 aliphatic carbocycles. The highest BCUT2D eigenvalue weighted by molar-refractivity contribution is 6.08. The number of piperidine rings is 1. The fourth-order valence-corrected chi connectivity index (χ4v) is 5.35. The highest BCUT2D eigenvalue weighted by Crippen LogP contribution is 2.43. The second kappa shape index (κ2) is 10.8. The van der Waals surface area contributed by atoms with Crippen LogP contribution in [-0.2, 0) is 12.8 Å². The quantitative estimate of drug-likeness (QED) is 0.340. The van der Waals surface area contributed by atoms with Crippen molar-refractivity contribution in [3.63, 3.8) is 0 Å². The summed E-state index contributed by atoms with van der Waals surface area (Å²) in [4.78, 5) is 29.2. The molecule has 2 N–H and O–H groups in total. The summed E-state index contributed by atoms with van der Waals surface area (Å²) in [6.45, 7) is 5.02. The minimum Gasteiger partial charge on any atom is -0.489 e. The summed E-state index contributed by atoms with van der Waals surface area (Å²) in [7, 11) is 0. The van der Waals surface area contributed by atoms with Crippen LogP contribution in [0.2, 0.25) is 0 Å². The van der Waals surface area contributed by atoms with Crippen LogP contribution in [0, 0.1) is 23.7 Å². The number of nitrogens with zero attached hydrogens (tertiary/aromatic N) is 3. The van der Waals surface area contributed by atoms with Crippen LogP contribution < -0.4 is 10.1 Å². The van der Waals surface area contributed by atoms with E-state index in [1.807, 2.05) is 6.07 Å². The first-order valence-corrected chi connectivity index (χ1v) is 12.8. The third-order valence-electron chi connectivity index (χ3n) is 7.01. The first kappa shape index (κ1) is 30.5. The molecular formula is C28H27F5N4O5. The number of carbonyl (C=O) groups excluding carboxylic acids is 1. The Balaban J connectivity index is 1.67. The van der Waals surface area contributed by atoms with Gasteiger partial charge in [0.25, 0.3) is 11.8 Å². The zero-order valence-electron chi connectivity index (χ0n) is 23.0. The lowest BCUT2D eigenvalue weighted by atomic mass is 9.76. The van der Waals surface area contributed by atoms with Gasteiger partial charge in [0, 0.05) is 29.8 Å². The topological polar surface area (TPSA) is 129 Å². The second-order valence-electron chi connectivity index (χ2n) is 11.0. The van der Waals surface area contributed by atoms with Gasteiger partial charge in [0.2, 0.25) is 0 Å². The van der Waals surface area contributed by atoms with Crippen molar-refractivity contribution in [3.8, 4) is 11.8 Å². The van der Waals surface area contributed by atoms with Crippen molar-refractivity contribution in [1.29, 1.82) is 5.26 Å². The van der Waals surface area contributed by atoms with Gasteiger partial charge in [0.1, 0.15) is 30.2 Å². The number of fused-ring (bicyclic) bond motifs is 1. The lowest BCUT2D eigenvalue weighted by Crippen LogP contribution is -2.68. The van der Waals surface area contributed by atoms with E-state index in [0.29, 0.717) is 4.90 Å². The number of likely N-dealkylation sites (tertiary alicyclic amines) is 1. The van der Waals surface area contributed by atoms with Gasteiger partial charge in [-0.3, -0.25) is 14.7 Å². The highest BCUT2D eigenvalue weighted by atomic mass is 19.4. The molecule has 2 aromatic heterocycles. The van der Waals surface area contributed by atoms with Gasteiger partial charge in [-0.2, -0.15) is 18.4 Å². The first-order chi connectivity index (χ1) is 19.5. The number of furan rings is 1. The molecule has 4 rings (SSSR count). The van der Waals surface area contributed by atoms with Gasteiger partial charge < -0.3 is 19.6 Å². The second-order valence-corrected chi connectivity index (χ2v) is 11.0. The zero-order chi connectivity index (χ0) is 31.2. The Labute approximate surface area is 236 Å². The molecular weight excluding hydrogens is 567 g/mol. The van der Waals surface area contributed by atoms with E-state index < -0.39 is 53.9 Å². The van der Waals surface area contributed by atoms with E-state index in [1.165, 1.54) is 52.0 Å². The van der Waals surface area contributed by atoms with Crippen molar-refractivity contribution in [2.24, 2.45) is 5.41 Å². The van der Waals surface area contributed by atoms with E-state index in [-0.39, 0.29) is 52.1 Å². The molecule has 1 aliphatic heterocycles. The lowest BCUT2D eigenvalue weighted by Gasteiger charge is -2.49. The van der Waals surface area contributed by atoms with Gasteiger partial charge in [-0.25, -0.2) is 13.6 Å². The average molecular weight is 595 g/mol.